The van der Waals surface area contributed by atoms with E-state index in [0.29, 0.717) is 36.5 Å². The molecule has 1 aromatic heterocycles. The molecule has 3 rings (SSSR count). The summed E-state index contributed by atoms with van der Waals surface area (Å²) in [6.07, 6.45) is 0.626. The number of halogens is 1. The van der Waals surface area contributed by atoms with Gasteiger partial charge in [0.1, 0.15) is 17.2 Å². The van der Waals surface area contributed by atoms with Crippen LogP contribution in [-0.4, -0.2) is 33.7 Å². The van der Waals surface area contributed by atoms with Crippen molar-refractivity contribution in [3.05, 3.63) is 45.3 Å². The molecule has 1 aliphatic heterocycles. The Bertz CT molecular complexity index is 744. The van der Waals surface area contributed by atoms with Crippen molar-refractivity contribution in [2.75, 3.05) is 6.54 Å². The van der Waals surface area contributed by atoms with Gasteiger partial charge in [-0.25, -0.2) is 0 Å². The molecule has 1 amide bonds. The van der Waals surface area contributed by atoms with E-state index in [-0.39, 0.29) is 18.6 Å². The van der Waals surface area contributed by atoms with Crippen molar-refractivity contribution in [2.24, 2.45) is 0 Å². The Morgan fingerprint density at radius 3 is 2.96 bits per heavy atom. The van der Waals surface area contributed by atoms with Crippen molar-refractivity contribution in [3.8, 4) is 5.75 Å². The predicted molar refractivity (Wildman–Crippen MR) is 90.8 cm³/mol. The van der Waals surface area contributed by atoms with E-state index in [1.165, 1.54) is 0 Å². The number of aromatic nitrogens is 1. The average Bonchev–Trinajstić information content (AvgIpc) is 2.95. The highest BCUT2D eigenvalue weighted by atomic mass is 79.9. The summed E-state index contributed by atoms with van der Waals surface area (Å²) in [5.74, 6) is 1.32. The highest BCUT2D eigenvalue weighted by molar-refractivity contribution is 9.10. The molecule has 0 saturated heterocycles. The first-order chi connectivity index (χ1) is 11.5. The molecular formula is C17H19BrN2O4. The molecule has 0 bridgehead atoms. The minimum Gasteiger partial charge on any atom is -0.491 e. The largest absolute Gasteiger partial charge is 0.491 e. The van der Waals surface area contributed by atoms with Crippen LogP contribution >= 0.6 is 15.9 Å². The monoisotopic (exact) mass is 394 g/mol. The van der Waals surface area contributed by atoms with Crippen molar-refractivity contribution in [2.45, 2.75) is 39.5 Å². The van der Waals surface area contributed by atoms with Gasteiger partial charge in [0.15, 0.2) is 0 Å². The first-order valence-electron chi connectivity index (χ1n) is 7.81. The summed E-state index contributed by atoms with van der Waals surface area (Å²) in [7, 11) is 0. The molecule has 0 saturated carbocycles. The molecule has 2 aromatic rings. The Balaban J connectivity index is 1.83. The third kappa shape index (κ3) is 3.47. The quantitative estimate of drug-likeness (QED) is 0.862. The second kappa shape index (κ2) is 6.94. The predicted octanol–water partition coefficient (Wildman–Crippen LogP) is 2.92. The number of hydrogen-bond donors (Lipinski definition) is 1. The third-order valence-corrected chi connectivity index (χ3v) is 4.29. The lowest BCUT2D eigenvalue weighted by Crippen LogP contribution is -2.36. The van der Waals surface area contributed by atoms with Crippen LogP contribution in [0.4, 0.5) is 0 Å². The molecule has 0 radical (unpaired) electrons. The molecule has 0 unspecified atom stereocenters. The van der Waals surface area contributed by atoms with Crippen molar-refractivity contribution < 1.29 is 19.2 Å². The van der Waals surface area contributed by atoms with Gasteiger partial charge >= 0.3 is 0 Å². The standard InChI is InChI=1S/C17H19BrN2O4/c1-10(2)23-13-6-11(5-12(18)7-13)17(22)20-4-3-16-14(8-20)15(9-21)19-24-16/h5-7,10,21H,3-4,8-9H2,1-2H3. The Morgan fingerprint density at radius 2 is 2.25 bits per heavy atom. The van der Waals surface area contributed by atoms with E-state index >= 15 is 0 Å². The number of hydrogen-bond acceptors (Lipinski definition) is 5. The number of fused-ring (bicyclic) bond motifs is 1. The second-order valence-electron chi connectivity index (χ2n) is 6.01. The lowest BCUT2D eigenvalue weighted by Gasteiger charge is -2.26. The van der Waals surface area contributed by atoms with E-state index in [1.807, 2.05) is 19.9 Å². The van der Waals surface area contributed by atoms with Gasteiger partial charge < -0.3 is 19.3 Å². The fraction of sp³-hybridized carbons (Fsp3) is 0.412. The molecule has 6 nitrogen and oxygen atoms in total. The van der Waals surface area contributed by atoms with E-state index in [1.54, 1.807) is 17.0 Å². The zero-order chi connectivity index (χ0) is 17.3. The Labute approximate surface area is 148 Å². The summed E-state index contributed by atoms with van der Waals surface area (Å²) in [6, 6.07) is 5.38. The average molecular weight is 395 g/mol. The van der Waals surface area contributed by atoms with Crippen LogP contribution in [0.15, 0.2) is 27.2 Å². The van der Waals surface area contributed by atoms with Crippen molar-refractivity contribution in [3.63, 3.8) is 0 Å². The number of ether oxygens (including phenoxy) is 1. The minimum absolute atomic E-state index is 0.0314. The maximum atomic E-state index is 12.9. The van der Waals surface area contributed by atoms with Crippen LogP contribution in [-0.2, 0) is 19.6 Å². The summed E-state index contributed by atoms with van der Waals surface area (Å²) < 4.78 is 11.7. The van der Waals surface area contributed by atoms with Crippen LogP contribution in [0.3, 0.4) is 0 Å². The van der Waals surface area contributed by atoms with Gasteiger partial charge in [-0.15, -0.1) is 0 Å². The number of nitrogens with zero attached hydrogens (tertiary/aromatic N) is 2. The van der Waals surface area contributed by atoms with Gasteiger partial charge in [-0.1, -0.05) is 21.1 Å². The van der Waals surface area contributed by atoms with Crippen LogP contribution in [0.1, 0.15) is 41.2 Å². The third-order valence-electron chi connectivity index (χ3n) is 3.84. The fourth-order valence-electron chi connectivity index (χ4n) is 2.77. The van der Waals surface area contributed by atoms with Crippen LogP contribution in [0.25, 0.3) is 0 Å². The van der Waals surface area contributed by atoms with Crippen LogP contribution in [0.5, 0.6) is 5.75 Å². The van der Waals surface area contributed by atoms with E-state index in [9.17, 15) is 9.90 Å². The zero-order valence-electron chi connectivity index (χ0n) is 13.6. The fourth-order valence-corrected chi connectivity index (χ4v) is 3.24. The number of carbonyl (C=O) groups excluding carboxylic acids is 1. The van der Waals surface area contributed by atoms with E-state index in [0.717, 1.165) is 15.8 Å². The molecule has 128 valence electrons. The first kappa shape index (κ1) is 17.0. The molecule has 0 aliphatic carbocycles. The molecule has 0 fully saturated rings. The van der Waals surface area contributed by atoms with Gasteiger partial charge in [-0.2, -0.15) is 0 Å². The van der Waals surface area contributed by atoms with E-state index in [2.05, 4.69) is 21.1 Å². The molecule has 0 atom stereocenters. The molecule has 1 aliphatic rings. The summed E-state index contributed by atoms with van der Waals surface area (Å²) >= 11 is 3.43. The normalized spacial score (nSPS) is 14.0. The number of aliphatic hydroxyl groups is 1. The van der Waals surface area contributed by atoms with Crippen molar-refractivity contribution >= 4 is 21.8 Å². The van der Waals surface area contributed by atoms with Crippen molar-refractivity contribution in [1.29, 1.82) is 0 Å². The van der Waals surface area contributed by atoms with Gasteiger partial charge in [0, 0.05) is 28.6 Å². The summed E-state index contributed by atoms with van der Waals surface area (Å²) in [4.78, 5) is 14.6. The molecule has 1 N–H and O–H groups in total. The van der Waals surface area contributed by atoms with E-state index in [4.69, 9.17) is 9.26 Å². The second-order valence-corrected chi connectivity index (χ2v) is 6.92. The number of rotatable bonds is 4. The Morgan fingerprint density at radius 1 is 1.46 bits per heavy atom. The number of benzene rings is 1. The first-order valence-corrected chi connectivity index (χ1v) is 8.61. The number of aliphatic hydroxyl groups excluding tert-OH is 1. The number of amides is 1. The van der Waals surface area contributed by atoms with Gasteiger partial charge in [-0.05, 0) is 32.0 Å². The smallest absolute Gasteiger partial charge is 0.254 e. The molecule has 1 aromatic carbocycles. The maximum Gasteiger partial charge on any atom is 0.254 e. The maximum absolute atomic E-state index is 12.9. The van der Waals surface area contributed by atoms with Gasteiger partial charge in [0.05, 0.1) is 19.3 Å². The minimum atomic E-state index is -0.190. The van der Waals surface area contributed by atoms with Crippen LogP contribution in [0.2, 0.25) is 0 Å². The molecule has 7 heteroatoms. The SMILES string of the molecule is CC(C)Oc1cc(Br)cc(C(=O)N2CCc3onc(CO)c3C2)c1. The Kier molecular flexibility index (Phi) is 4.91. The highest BCUT2D eigenvalue weighted by Crippen LogP contribution is 2.27. The molecule has 2 heterocycles. The Hall–Kier alpha value is -1.86. The summed E-state index contributed by atoms with van der Waals surface area (Å²) in [5, 5.41) is 13.2. The summed E-state index contributed by atoms with van der Waals surface area (Å²) in [6.45, 7) is 4.64. The number of carbonyl (C=O) groups is 1. The highest BCUT2D eigenvalue weighted by Gasteiger charge is 2.27. The molecule has 24 heavy (non-hydrogen) atoms. The van der Waals surface area contributed by atoms with Gasteiger partial charge in [0.25, 0.3) is 5.91 Å². The lowest BCUT2D eigenvalue weighted by atomic mass is 10.0. The lowest BCUT2D eigenvalue weighted by molar-refractivity contribution is 0.0727. The van der Waals surface area contributed by atoms with Gasteiger partial charge in [0.2, 0.25) is 0 Å². The van der Waals surface area contributed by atoms with Crippen LogP contribution in [0, 0.1) is 0 Å². The molecular weight excluding hydrogens is 376 g/mol. The van der Waals surface area contributed by atoms with Crippen LogP contribution < -0.4 is 4.74 Å². The van der Waals surface area contributed by atoms with Crippen molar-refractivity contribution in [1.82, 2.24) is 10.1 Å². The topological polar surface area (TPSA) is 75.8 Å². The zero-order valence-corrected chi connectivity index (χ0v) is 15.2. The van der Waals surface area contributed by atoms with Gasteiger partial charge in [-0.3, -0.25) is 4.79 Å². The molecule has 0 spiro atoms. The van der Waals surface area contributed by atoms with E-state index < -0.39 is 0 Å². The summed E-state index contributed by atoms with van der Waals surface area (Å²) in [5.41, 5.74) is 1.87.